The molecule has 0 amide bonds. The molecule has 0 spiro atoms. The van der Waals surface area contributed by atoms with Crippen LogP contribution in [0.2, 0.25) is 0 Å². The lowest BCUT2D eigenvalue weighted by Gasteiger charge is -2.04. The summed E-state index contributed by atoms with van der Waals surface area (Å²) in [6.45, 7) is 0. The van der Waals surface area contributed by atoms with Gasteiger partial charge in [-0.15, -0.1) is 0 Å². The van der Waals surface area contributed by atoms with Gasteiger partial charge in [-0.1, -0.05) is 23.7 Å². The largest absolute Gasteiger partial charge is 0.324 e. The number of benzene rings is 1. The Bertz CT molecular complexity index is 283. The van der Waals surface area contributed by atoms with E-state index >= 15 is 0 Å². The summed E-state index contributed by atoms with van der Waals surface area (Å²) in [6.07, 6.45) is 2.15. The van der Waals surface area contributed by atoms with Crippen molar-refractivity contribution >= 4 is 13.3 Å². The van der Waals surface area contributed by atoms with Crippen molar-refractivity contribution in [3.8, 4) is 0 Å². The van der Waals surface area contributed by atoms with Crippen molar-refractivity contribution in [3.05, 3.63) is 29.3 Å². The Kier molecular flexibility index (Phi) is 1.50. The molecule has 2 rings (SSSR count). The minimum absolute atomic E-state index is 0.241. The lowest BCUT2D eigenvalue weighted by molar-refractivity contribution is 0.713. The Labute approximate surface area is 68.0 Å². The summed E-state index contributed by atoms with van der Waals surface area (Å²) in [5, 5.41) is 0. The van der Waals surface area contributed by atoms with Gasteiger partial charge in [0.15, 0.2) is 0 Å². The van der Waals surface area contributed by atoms with Crippen molar-refractivity contribution in [1.82, 2.24) is 0 Å². The summed E-state index contributed by atoms with van der Waals surface area (Å²) in [5.74, 6) is 0. The van der Waals surface area contributed by atoms with E-state index in [9.17, 15) is 0 Å². The summed E-state index contributed by atoms with van der Waals surface area (Å²) >= 11 is 0. The van der Waals surface area contributed by atoms with Crippen LogP contribution in [0.1, 0.15) is 23.6 Å². The van der Waals surface area contributed by atoms with Crippen LogP contribution in [0.4, 0.5) is 0 Å². The first-order valence-corrected chi connectivity index (χ1v) is 3.91. The monoisotopic (exact) mass is 143 g/mol. The van der Waals surface area contributed by atoms with Crippen LogP contribution in [0.25, 0.3) is 0 Å². The summed E-state index contributed by atoms with van der Waals surface area (Å²) < 4.78 is 0. The maximum atomic E-state index is 5.86. The molecule has 0 aliphatic heterocycles. The number of nitrogens with two attached hydrogens (primary N) is 1. The molecule has 1 aliphatic rings. The van der Waals surface area contributed by atoms with Gasteiger partial charge in [0, 0.05) is 6.04 Å². The molecule has 11 heavy (non-hydrogen) atoms. The average molecular weight is 143 g/mol. The molecule has 0 heterocycles. The predicted molar refractivity (Wildman–Crippen MR) is 47.1 cm³/mol. The third-order valence-corrected chi connectivity index (χ3v) is 2.29. The number of fused-ring (bicyclic) bond motifs is 1. The van der Waals surface area contributed by atoms with Crippen molar-refractivity contribution in [2.45, 2.75) is 18.9 Å². The average Bonchev–Trinajstić information content (AvgIpc) is 2.32. The van der Waals surface area contributed by atoms with Gasteiger partial charge in [0.1, 0.15) is 7.85 Å². The Morgan fingerprint density at radius 3 is 3.09 bits per heavy atom. The zero-order valence-electron chi connectivity index (χ0n) is 6.38. The fourth-order valence-electron chi connectivity index (χ4n) is 1.67. The van der Waals surface area contributed by atoms with Crippen LogP contribution in [0, 0.1) is 0 Å². The van der Waals surface area contributed by atoms with Crippen LogP contribution < -0.4 is 11.2 Å². The van der Waals surface area contributed by atoms with Crippen LogP contribution in [-0.2, 0) is 6.42 Å². The Balaban J connectivity index is 2.50. The molecule has 2 radical (unpaired) electrons. The smallest absolute Gasteiger partial charge is 0.113 e. The molecule has 1 nitrogen and oxygen atoms in total. The highest BCUT2D eigenvalue weighted by Gasteiger charge is 2.17. The highest BCUT2D eigenvalue weighted by Crippen LogP contribution is 2.27. The van der Waals surface area contributed by atoms with Crippen molar-refractivity contribution in [2.75, 3.05) is 0 Å². The second-order valence-electron chi connectivity index (χ2n) is 3.10. The topological polar surface area (TPSA) is 26.0 Å². The van der Waals surface area contributed by atoms with Crippen molar-refractivity contribution < 1.29 is 0 Å². The Hall–Kier alpha value is -0.755. The van der Waals surface area contributed by atoms with E-state index in [0.717, 1.165) is 18.3 Å². The highest BCUT2D eigenvalue weighted by atomic mass is 14.6. The zero-order chi connectivity index (χ0) is 7.84. The molecule has 0 saturated heterocycles. The molecule has 0 unspecified atom stereocenters. The van der Waals surface area contributed by atoms with Gasteiger partial charge < -0.3 is 5.73 Å². The van der Waals surface area contributed by atoms with Crippen LogP contribution in [0.5, 0.6) is 0 Å². The van der Waals surface area contributed by atoms with E-state index in [0.29, 0.717) is 0 Å². The summed E-state index contributed by atoms with van der Waals surface area (Å²) in [6, 6.07) is 6.24. The molecule has 2 N–H and O–H groups in total. The van der Waals surface area contributed by atoms with E-state index in [1.165, 1.54) is 11.1 Å². The molecule has 0 fully saturated rings. The molecular formula is C9H10BN. The number of aryl methyl sites for hydroxylation is 1. The number of hydrogen-bond donors (Lipinski definition) is 1. The second kappa shape index (κ2) is 2.38. The third-order valence-electron chi connectivity index (χ3n) is 2.29. The van der Waals surface area contributed by atoms with Crippen LogP contribution >= 0.6 is 0 Å². The zero-order valence-corrected chi connectivity index (χ0v) is 6.38. The minimum atomic E-state index is 0.241. The van der Waals surface area contributed by atoms with Crippen LogP contribution in [-0.4, -0.2) is 7.85 Å². The SMILES string of the molecule is [B]c1ccc2c(c1)CC[C@@H]2N. The first-order valence-electron chi connectivity index (χ1n) is 3.91. The second-order valence-corrected chi connectivity index (χ2v) is 3.10. The van der Waals surface area contributed by atoms with E-state index in [1.807, 2.05) is 18.2 Å². The summed E-state index contributed by atoms with van der Waals surface area (Å²) in [4.78, 5) is 0. The van der Waals surface area contributed by atoms with Gasteiger partial charge in [-0.25, -0.2) is 0 Å². The van der Waals surface area contributed by atoms with E-state index in [2.05, 4.69) is 0 Å². The molecular weight excluding hydrogens is 133 g/mol. The van der Waals surface area contributed by atoms with Gasteiger partial charge in [-0.3, -0.25) is 0 Å². The minimum Gasteiger partial charge on any atom is -0.324 e. The lowest BCUT2D eigenvalue weighted by atomic mass is 9.92. The van der Waals surface area contributed by atoms with Gasteiger partial charge >= 0.3 is 0 Å². The molecule has 1 aromatic carbocycles. The molecule has 0 bridgehead atoms. The Morgan fingerprint density at radius 1 is 1.45 bits per heavy atom. The fourth-order valence-corrected chi connectivity index (χ4v) is 1.67. The number of hydrogen-bond acceptors (Lipinski definition) is 1. The molecule has 54 valence electrons. The fraction of sp³-hybridized carbons (Fsp3) is 0.333. The molecule has 0 aromatic heterocycles. The molecule has 2 heteroatoms. The first kappa shape index (κ1) is 6.92. The van der Waals surface area contributed by atoms with Gasteiger partial charge in [0.25, 0.3) is 0 Å². The van der Waals surface area contributed by atoms with E-state index in [1.54, 1.807) is 0 Å². The highest BCUT2D eigenvalue weighted by molar-refractivity contribution is 6.32. The maximum absolute atomic E-state index is 5.86. The molecule has 1 atom stereocenters. The molecule has 1 aliphatic carbocycles. The normalized spacial score (nSPS) is 21.7. The Morgan fingerprint density at radius 2 is 2.27 bits per heavy atom. The van der Waals surface area contributed by atoms with Crippen LogP contribution in [0.15, 0.2) is 18.2 Å². The van der Waals surface area contributed by atoms with Gasteiger partial charge in [0.2, 0.25) is 0 Å². The third kappa shape index (κ3) is 1.08. The summed E-state index contributed by atoms with van der Waals surface area (Å²) in [7, 11) is 5.64. The van der Waals surface area contributed by atoms with Crippen molar-refractivity contribution in [1.29, 1.82) is 0 Å². The van der Waals surface area contributed by atoms with Gasteiger partial charge in [-0.05, 0) is 24.0 Å². The van der Waals surface area contributed by atoms with E-state index in [4.69, 9.17) is 13.6 Å². The van der Waals surface area contributed by atoms with Gasteiger partial charge in [-0.2, -0.15) is 0 Å². The molecule has 0 saturated carbocycles. The lowest BCUT2D eigenvalue weighted by Crippen LogP contribution is -2.07. The van der Waals surface area contributed by atoms with E-state index < -0.39 is 0 Å². The van der Waals surface area contributed by atoms with Crippen LogP contribution in [0.3, 0.4) is 0 Å². The standard InChI is InChI=1S/C9H10BN/c10-7-2-3-8-6(5-7)1-4-9(8)11/h2-3,5,9H,1,4,11H2/t9-/m0/s1. The summed E-state index contributed by atoms with van der Waals surface area (Å²) in [5.41, 5.74) is 9.31. The first-order chi connectivity index (χ1) is 5.27. The van der Waals surface area contributed by atoms with E-state index in [-0.39, 0.29) is 6.04 Å². The van der Waals surface area contributed by atoms with Crippen molar-refractivity contribution in [2.24, 2.45) is 5.73 Å². The predicted octanol–water partition coefficient (Wildman–Crippen LogP) is 0.426. The van der Waals surface area contributed by atoms with Gasteiger partial charge in [0.05, 0.1) is 0 Å². The quantitative estimate of drug-likeness (QED) is 0.523. The molecule has 1 aromatic rings. The maximum Gasteiger partial charge on any atom is 0.113 e. The van der Waals surface area contributed by atoms with Crippen molar-refractivity contribution in [3.63, 3.8) is 0 Å². The number of rotatable bonds is 0.